The summed E-state index contributed by atoms with van der Waals surface area (Å²) in [5.41, 5.74) is 1.06. The molecular weight excluding hydrogens is 315 g/mol. The number of aryl methyl sites for hydroxylation is 1. The molecule has 0 radical (unpaired) electrons. The molecule has 0 bridgehead atoms. The van der Waals surface area contributed by atoms with Crippen molar-refractivity contribution in [1.82, 2.24) is 9.78 Å². The van der Waals surface area contributed by atoms with E-state index in [1.54, 1.807) is 16.9 Å². The second-order valence-corrected chi connectivity index (χ2v) is 4.84. The van der Waals surface area contributed by atoms with Crippen LogP contribution >= 0.6 is 15.9 Å². The van der Waals surface area contributed by atoms with Crippen molar-refractivity contribution in [2.24, 2.45) is 0 Å². The standard InChI is InChI=1S/C13H14BrFN2O2/c1-3-17-12(9(14)7-16-17)13(18)8-4-5-11(19-2)10(15)6-8/h4-7,13,18H,3H2,1-2H3. The maximum absolute atomic E-state index is 13.7. The topological polar surface area (TPSA) is 47.3 Å². The number of nitrogens with zero attached hydrogens (tertiary/aromatic N) is 2. The van der Waals surface area contributed by atoms with Crippen molar-refractivity contribution in [1.29, 1.82) is 0 Å². The van der Waals surface area contributed by atoms with Crippen molar-refractivity contribution < 1.29 is 14.2 Å². The van der Waals surface area contributed by atoms with Crippen LogP contribution in [0.4, 0.5) is 4.39 Å². The zero-order valence-corrected chi connectivity index (χ0v) is 12.2. The van der Waals surface area contributed by atoms with Gasteiger partial charge in [0.2, 0.25) is 0 Å². The second-order valence-electron chi connectivity index (χ2n) is 3.99. The summed E-state index contributed by atoms with van der Waals surface area (Å²) >= 11 is 3.34. The minimum absolute atomic E-state index is 0.152. The third-order valence-electron chi connectivity index (χ3n) is 2.88. The Morgan fingerprint density at radius 1 is 1.53 bits per heavy atom. The number of hydrogen-bond donors (Lipinski definition) is 1. The van der Waals surface area contributed by atoms with Gasteiger partial charge >= 0.3 is 0 Å². The molecule has 1 heterocycles. The first kappa shape index (κ1) is 14.0. The fourth-order valence-electron chi connectivity index (χ4n) is 1.91. The maximum Gasteiger partial charge on any atom is 0.165 e. The molecule has 2 rings (SSSR count). The number of benzene rings is 1. The molecule has 0 saturated carbocycles. The molecule has 1 aromatic heterocycles. The van der Waals surface area contributed by atoms with E-state index in [1.807, 2.05) is 6.92 Å². The monoisotopic (exact) mass is 328 g/mol. The molecule has 0 amide bonds. The summed E-state index contributed by atoms with van der Waals surface area (Å²) < 4.78 is 20.9. The van der Waals surface area contributed by atoms with Gasteiger partial charge in [-0.2, -0.15) is 5.10 Å². The van der Waals surface area contributed by atoms with Gasteiger partial charge in [0.25, 0.3) is 0 Å². The smallest absolute Gasteiger partial charge is 0.165 e. The van der Waals surface area contributed by atoms with Crippen molar-refractivity contribution in [2.75, 3.05) is 7.11 Å². The largest absolute Gasteiger partial charge is 0.494 e. The quantitative estimate of drug-likeness (QED) is 0.938. The zero-order chi connectivity index (χ0) is 14.0. The van der Waals surface area contributed by atoms with Gasteiger partial charge in [-0.3, -0.25) is 4.68 Å². The first-order valence-electron chi connectivity index (χ1n) is 5.81. The predicted octanol–water partition coefficient (Wildman–Crippen LogP) is 2.89. The number of halogens is 2. The highest BCUT2D eigenvalue weighted by atomic mass is 79.9. The summed E-state index contributed by atoms with van der Waals surface area (Å²) in [4.78, 5) is 0. The van der Waals surface area contributed by atoms with Gasteiger partial charge in [-0.15, -0.1) is 0 Å². The van der Waals surface area contributed by atoms with Crippen molar-refractivity contribution in [3.63, 3.8) is 0 Å². The van der Waals surface area contributed by atoms with Crippen LogP contribution in [0.2, 0.25) is 0 Å². The molecule has 4 nitrogen and oxygen atoms in total. The van der Waals surface area contributed by atoms with Gasteiger partial charge < -0.3 is 9.84 Å². The molecule has 19 heavy (non-hydrogen) atoms. The van der Waals surface area contributed by atoms with Gasteiger partial charge in [0.15, 0.2) is 11.6 Å². The Balaban J connectivity index is 2.41. The summed E-state index contributed by atoms with van der Waals surface area (Å²) in [7, 11) is 1.40. The molecule has 0 aliphatic heterocycles. The minimum atomic E-state index is -0.947. The van der Waals surface area contributed by atoms with Crippen LogP contribution in [0.15, 0.2) is 28.9 Å². The number of hydrogen-bond acceptors (Lipinski definition) is 3. The lowest BCUT2D eigenvalue weighted by molar-refractivity contribution is 0.206. The van der Waals surface area contributed by atoms with Crippen LogP contribution in [-0.2, 0) is 6.54 Å². The molecule has 0 fully saturated rings. The number of aliphatic hydroxyl groups excluding tert-OH is 1. The third kappa shape index (κ3) is 2.64. The van der Waals surface area contributed by atoms with E-state index in [0.29, 0.717) is 22.3 Å². The van der Waals surface area contributed by atoms with Gasteiger partial charge in [-0.05, 0) is 40.5 Å². The van der Waals surface area contributed by atoms with Gasteiger partial charge in [0.1, 0.15) is 6.10 Å². The normalized spacial score (nSPS) is 12.5. The summed E-state index contributed by atoms with van der Waals surface area (Å²) in [5, 5.41) is 14.5. The summed E-state index contributed by atoms with van der Waals surface area (Å²) in [6.45, 7) is 2.54. The summed E-state index contributed by atoms with van der Waals surface area (Å²) in [6, 6.07) is 4.39. The lowest BCUT2D eigenvalue weighted by Crippen LogP contribution is -2.10. The van der Waals surface area contributed by atoms with Crippen LogP contribution in [0.3, 0.4) is 0 Å². The van der Waals surface area contributed by atoms with Crippen LogP contribution in [0, 0.1) is 5.82 Å². The van der Waals surface area contributed by atoms with Crippen LogP contribution < -0.4 is 4.74 Å². The highest BCUT2D eigenvalue weighted by Gasteiger charge is 2.20. The van der Waals surface area contributed by atoms with Gasteiger partial charge in [-0.25, -0.2) is 4.39 Å². The van der Waals surface area contributed by atoms with E-state index in [2.05, 4.69) is 21.0 Å². The molecule has 1 aromatic carbocycles. The molecule has 1 atom stereocenters. The lowest BCUT2D eigenvalue weighted by atomic mass is 10.1. The Morgan fingerprint density at radius 3 is 2.84 bits per heavy atom. The fraction of sp³-hybridized carbons (Fsp3) is 0.308. The Labute approximate surface area is 118 Å². The first-order valence-corrected chi connectivity index (χ1v) is 6.60. The van der Waals surface area contributed by atoms with Crippen molar-refractivity contribution in [3.05, 3.63) is 45.9 Å². The molecule has 1 N–H and O–H groups in total. The number of aromatic nitrogens is 2. The highest BCUT2D eigenvalue weighted by molar-refractivity contribution is 9.10. The van der Waals surface area contributed by atoms with E-state index in [4.69, 9.17) is 4.74 Å². The predicted molar refractivity (Wildman–Crippen MR) is 72.6 cm³/mol. The van der Waals surface area contributed by atoms with Crippen molar-refractivity contribution >= 4 is 15.9 Å². The van der Waals surface area contributed by atoms with Crippen LogP contribution in [0.25, 0.3) is 0 Å². The molecule has 2 aromatic rings. The lowest BCUT2D eigenvalue weighted by Gasteiger charge is -2.14. The van der Waals surface area contributed by atoms with E-state index in [9.17, 15) is 9.50 Å². The minimum Gasteiger partial charge on any atom is -0.494 e. The first-order chi connectivity index (χ1) is 9.08. The third-order valence-corrected chi connectivity index (χ3v) is 3.49. The molecule has 0 spiro atoms. The fourth-order valence-corrected chi connectivity index (χ4v) is 2.42. The molecule has 6 heteroatoms. The Hall–Kier alpha value is -1.40. The summed E-state index contributed by atoms with van der Waals surface area (Å²) in [5.74, 6) is -0.350. The number of methoxy groups -OCH3 is 1. The van der Waals surface area contributed by atoms with E-state index in [0.717, 1.165) is 0 Å². The van der Waals surface area contributed by atoms with E-state index in [-0.39, 0.29) is 5.75 Å². The number of ether oxygens (including phenoxy) is 1. The van der Waals surface area contributed by atoms with Gasteiger partial charge in [0, 0.05) is 6.54 Å². The van der Waals surface area contributed by atoms with Crippen LogP contribution in [0.1, 0.15) is 24.3 Å². The zero-order valence-electron chi connectivity index (χ0n) is 10.6. The molecule has 1 unspecified atom stereocenters. The maximum atomic E-state index is 13.7. The van der Waals surface area contributed by atoms with Gasteiger partial charge in [0.05, 0.1) is 23.5 Å². The Bertz CT molecular complexity index is 586. The van der Waals surface area contributed by atoms with Crippen molar-refractivity contribution in [2.45, 2.75) is 19.6 Å². The molecule has 0 aliphatic rings. The average Bonchev–Trinajstić information content (AvgIpc) is 2.78. The van der Waals surface area contributed by atoms with E-state index < -0.39 is 11.9 Å². The number of aliphatic hydroxyl groups is 1. The SMILES string of the molecule is CCn1ncc(Br)c1C(O)c1ccc(OC)c(F)c1. The van der Waals surface area contributed by atoms with E-state index in [1.165, 1.54) is 19.2 Å². The average molecular weight is 329 g/mol. The number of rotatable bonds is 4. The highest BCUT2D eigenvalue weighted by Crippen LogP contribution is 2.30. The molecule has 0 saturated heterocycles. The van der Waals surface area contributed by atoms with Crippen LogP contribution in [0.5, 0.6) is 5.75 Å². The van der Waals surface area contributed by atoms with Gasteiger partial charge in [-0.1, -0.05) is 6.07 Å². The van der Waals surface area contributed by atoms with E-state index >= 15 is 0 Å². The summed E-state index contributed by atoms with van der Waals surface area (Å²) in [6.07, 6.45) is 0.666. The molecule has 102 valence electrons. The Kier molecular flexibility index (Phi) is 4.21. The van der Waals surface area contributed by atoms with Crippen LogP contribution in [-0.4, -0.2) is 22.0 Å². The Morgan fingerprint density at radius 2 is 2.26 bits per heavy atom. The molecule has 0 aliphatic carbocycles. The van der Waals surface area contributed by atoms with Crippen molar-refractivity contribution in [3.8, 4) is 5.75 Å². The molecular formula is C13H14BrFN2O2. The second kappa shape index (κ2) is 5.71.